The van der Waals surface area contributed by atoms with Crippen LogP contribution in [0, 0.1) is 11.7 Å². The number of carbonyl (C=O) groups excluding carboxylic acids is 2. The molecule has 7 nitrogen and oxygen atoms in total. The molecule has 0 aliphatic rings. The Kier molecular flexibility index (Phi) is 6.49. The molecule has 2 aromatic rings. The van der Waals surface area contributed by atoms with Crippen LogP contribution in [0.15, 0.2) is 22.7 Å². The van der Waals surface area contributed by atoms with E-state index in [1.807, 2.05) is 0 Å². The molecule has 1 amide bonds. The minimum atomic E-state index is -4.81. The molecule has 0 spiro atoms. The van der Waals surface area contributed by atoms with E-state index in [-0.39, 0.29) is 30.0 Å². The Bertz CT molecular complexity index is 864. The Morgan fingerprint density at radius 3 is 2.46 bits per heavy atom. The first-order valence-electron chi connectivity index (χ1n) is 8.11. The third kappa shape index (κ3) is 5.12. The average Bonchev–Trinajstić information content (AvgIpc) is 3.10. The van der Waals surface area contributed by atoms with Crippen molar-refractivity contribution >= 4 is 11.7 Å². The molecular formula is C17H17F4N3O4. The van der Waals surface area contributed by atoms with Crippen LogP contribution in [-0.2, 0) is 27.1 Å². The van der Waals surface area contributed by atoms with E-state index in [2.05, 4.69) is 14.7 Å². The predicted octanol–water partition coefficient (Wildman–Crippen LogP) is 3.40. The Morgan fingerprint density at radius 1 is 1.29 bits per heavy atom. The largest absolute Gasteiger partial charge is 0.471 e. The van der Waals surface area contributed by atoms with Gasteiger partial charge in [0.2, 0.25) is 11.6 Å². The number of rotatable bonds is 7. The topological polar surface area (TPSA) is 85.5 Å². The Morgan fingerprint density at radius 2 is 1.96 bits per heavy atom. The van der Waals surface area contributed by atoms with E-state index in [0.29, 0.717) is 5.06 Å². The molecule has 0 radical (unpaired) electrons. The van der Waals surface area contributed by atoms with Gasteiger partial charge in [-0.2, -0.15) is 18.2 Å². The van der Waals surface area contributed by atoms with Crippen molar-refractivity contribution in [1.29, 1.82) is 0 Å². The lowest BCUT2D eigenvalue weighted by molar-refractivity contribution is -0.182. The molecule has 1 aromatic heterocycles. The summed E-state index contributed by atoms with van der Waals surface area (Å²) in [5.41, 5.74) is -0.0671. The highest BCUT2D eigenvalue weighted by atomic mass is 19.4. The Labute approximate surface area is 157 Å². The van der Waals surface area contributed by atoms with Gasteiger partial charge in [0.1, 0.15) is 5.82 Å². The smallest absolute Gasteiger partial charge is 0.329 e. The summed E-state index contributed by atoms with van der Waals surface area (Å²) < 4.78 is 56.0. The monoisotopic (exact) mass is 403 g/mol. The number of ketones is 1. The molecule has 0 aliphatic heterocycles. The number of hydroxylamine groups is 2. The second-order valence-electron chi connectivity index (χ2n) is 6.27. The molecule has 0 saturated carbocycles. The van der Waals surface area contributed by atoms with Crippen LogP contribution in [0.25, 0.3) is 11.4 Å². The number of Topliss-reactive ketones (excluding diaryl/α,β-unsaturated/α-hetero) is 1. The highest BCUT2D eigenvalue weighted by Gasteiger charge is 2.38. The van der Waals surface area contributed by atoms with Crippen LogP contribution in [0.1, 0.15) is 31.7 Å². The summed E-state index contributed by atoms with van der Waals surface area (Å²) in [6.07, 6.45) is -4.80. The van der Waals surface area contributed by atoms with E-state index in [4.69, 9.17) is 4.84 Å². The molecule has 0 bridgehead atoms. The van der Waals surface area contributed by atoms with Crippen molar-refractivity contribution in [3.8, 4) is 11.4 Å². The van der Waals surface area contributed by atoms with Crippen molar-refractivity contribution in [2.24, 2.45) is 5.92 Å². The summed E-state index contributed by atoms with van der Waals surface area (Å²) >= 11 is 0. The highest BCUT2D eigenvalue weighted by molar-refractivity contribution is 6.35. The highest BCUT2D eigenvalue weighted by Crippen LogP contribution is 2.29. The fourth-order valence-corrected chi connectivity index (χ4v) is 2.24. The number of carbonyl (C=O) groups is 2. The van der Waals surface area contributed by atoms with Crippen molar-refractivity contribution in [2.75, 3.05) is 7.11 Å². The summed E-state index contributed by atoms with van der Waals surface area (Å²) in [6.45, 7) is 3.16. The average molecular weight is 403 g/mol. The first-order valence-corrected chi connectivity index (χ1v) is 8.11. The first kappa shape index (κ1) is 21.5. The lowest BCUT2D eigenvalue weighted by Crippen LogP contribution is -2.36. The van der Waals surface area contributed by atoms with E-state index in [9.17, 15) is 27.2 Å². The van der Waals surface area contributed by atoms with Gasteiger partial charge < -0.3 is 4.52 Å². The van der Waals surface area contributed by atoms with Gasteiger partial charge in [-0.05, 0) is 12.0 Å². The molecule has 0 N–H and O–H groups in total. The van der Waals surface area contributed by atoms with Gasteiger partial charge in [-0.25, -0.2) is 9.45 Å². The van der Waals surface area contributed by atoms with Gasteiger partial charge in [0.05, 0.1) is 13.7 Å². The van der Waals surface area contributed by atoms with Gasteiger partial charge in [-0.3, -0.25) is 14.4 Å². The van der Waals surface area contributed by atoms with Gasteiger partial charge in [0.25, 0.3) is 0 Å². The van der Waals surface area contributed by atoms with Crippen LogP contribution >= 0.6 is 0 Å². The zero-order chi connectivity index (χ0) is 21.1. The van der Waals surface area contributed by atoms with Gasteiger partial charge in [0, 0.05) is 17.5 Å². The minimum Gasteiger partial charge on any atom is -0.329 e. The van der Waals surface area contributed by atoms with Crippen LogP contribution in [-0.4, -0.2) is 34.0 Å². The number of hydrogen-bond acceptors (Lipinski definition) is 6. The molecule has 0 unspecified atom stereocenters. The lowest BCUT2D eigenvalue weighted by Gasteiger charge is -2.19. The van der Waals surface area contributed by atoms with E-state index in [1.54, 1.807) is 13.8 Å². The maximum Gasteiger partial charge on any atom is 0.471 e. The van der Waals surface area contributed by atoms with Crippen molar-refractivity contribution < 1.29 is 36.5 Å². The van der Waals surface area contributed by atoms with E-state index in [0.717, 1.165) is 13.2 Å². The Hall–Kier alpha value is -2.82. The van der Waals surface area contributed by atoms with E-state index in [1.165, 1.54) is 12.1 Å². The van der Waals surface area contributed by atoms with Gasteiger partial charge >= 0.3 is 18.0 Å². The number of aromatic nitrogens is 2. The van der Waals surface area contributed by atoms with Gasteiger partial charge in [0.15, 0.2) is 0 Å². The summed E-state index contributed by atoms with van der Waals surface area (Å²) in [6, 6.07) is 3.38. The number of hydrogen-bond donors (Lipinski definition) is 0. The standard InChI is InChI=1S/C17H17F4N3O4/c1-9(2)6-13(25)15(26)24(27-3)8-11-5-4-10(7-12(11)18)14-22-16(28-23-14)17(19,20)21/h4-5,7,9H,6,8H2,1-3H3. The molecule has 2 rings (SSSR count). The van der Waals surface area contributed by atoms with Crippen molar-refractivity contribution in [3.05, 3.63) is 35.5 Å². The number of alkyl halides is 3. The number of halogens is 4. The van der Waals surface area contributed by atoms with Crippen molar-refractivity contribution in [1.82, 2.24) is 15.2 Å². The molecule has 0 saturated heterocycles. The second-order valence-corrected chi connectivity index (χ2v) is 6.27. The van der Waals surface area contributed by atoms with Crippen LogP contribution in [0.3, 0.4) is 0 Å². The third-order valence-electron chi connectivity index (χ3n) is 3.57. The number of benzene rings is 1. The number of nitrogens with zero attached hydrogens (tertiary/aromatic N) is 3. The zero-order valence-corrected chi connectivity index (χ0v) is 15.2. The molecule has 1 heterocycles. The van der Waals surface area contributed by atoms with Crippen LogP contribution in [0.2, 0.25) is 0 Å². The molecule has 0 atom stereocenters. The number of amides is 1. The summed E-state index contributed by atoms with van der Waals surface area (Å²) in [5.74, 6) is -4.48. The second kappa shape index (κ2) is 8.46. The SMILES string of the molecule is CON(Cc1ccc(-c2noc(C(F)(F)F)n2)cc1F)C(=O)C(=O)CC(C)C. The van der Waals surface area contributed by atoms with Crippen LogP contribution < -0.4 is 0 Å². The summed E-state index contributed by atoms with van der Waals surface area (Å²) in [4.78, 5) is 32.0. The first-order chi connectivity index (χ1) is 13.0. The quantitative estimate of drug-likeness (QED) is 0.400. The fraction of sp³-hybridized carbons (Fsp3) is 0.412. The zero-order valence-electron chi connectivity index (χ0n) is 15.2. The Balaban J connectivity index is 2.18. The summed E-state index contributed by atoms with van der Waals surface area (Å²) in [5, 5.41) is 3.88. The molecule has 28 heavy (non-hydrogen) atoms. The van der Waals surface area contributed by atoms with Gasteiger partial charge in [-0.1, -0.05) is 31.1 Å². The lowest BCUT2D eigenvalue weighted by atomic mass is 10.1. The predicted molar refractivity (Wildman–Crippen MR) is 86.7 cm³/mol. The van der Waals surface area contributed by atoms with Crippen LogP contribution in [0.5, 0.6) is 0 Å². The van der Waals surface area contributed by atoms with Crippen molar-refractivity contribution in [2.45, 2.75) is 33.0 Å². The molecule has 0 aliphatic carbocycles. The van der Waals surface area contributed by atoms with Crippen molar-refractivity contribution in [3.63, 3.8) is 0 Å². The maximum atomic E-state index is 14.4. The normalized spacial score (nSPS) is 11.7. The molecule has 1 aromatic carbocycles. The third-order valence-corrected chi connectivity index (χ3v) is 3.57. The van der Waals surface area contributed by atoms with E-state index >= 15 is 0 Å². The van der Waals surface area contributed by atoms with Crippen LogP contribution in [0.4, 0.5) is 17.6 Å². The molecule has 152 valence electrons. The maximum absolute atomic E-state index is 14.4. The minimum absolute atomic E-state index is 0.0134. The fourth-order valence-electron chi connectivity index (χ4n) is 2.24. The molecule has 0 fully saturated rings. The van der Waals surface area contributed by atoms with E-state index < -0.39 is 35.4 Å². The molecular weight excluding hydrogens is 386 g/mol. The summed E-state index contributed by atoms with van der Waals surface area (Å²) in [7, 11) is 1.16. The van der Waals surface area contributed by atoms with Gasteiger partial charge in [-0.15, -0.1) is 0 Å². The molecule has 11 heteroatoms.